The van der Waals surface area contributed by atoms with E-state index in [1.807, 2.05) is 30.3 Å². The summed E-state index contributed by atoms with van der Waals surface area (Å²) in [5, 5.41) is 10.8. The highest BCUT2D eigenvalue weighted by molar-refractivity contribution is 7.89. The summed E-state index contributed by atoms with van der Waals surface area (Å²) in [6, 6.07) is 25.2. The number of sulfonamides is 1. The van der Waals surface area contributed by atoms with Crippen LogP contribution in [0, 0.1) is 22.1 Å². The van der Waals surface area contributed by atoms with Gasteiger partial charge in [0.2, 0.25) is 0 Å². The minimum Gasteiger partial charge on any atom is -0.258 e. The van der Waals surface area contributed by atoms with E-state index in [-0.39, 0.29) is 10.6 Å². The second kappa shape index (κ2) is 8.59. The van der Waals surface area contributed by atoms with Crippen molar-refractivity contribution in [2.24, 2.45) is 0 Å². The van der Waals surface area contributed by atoms with Gasteiger partial charge in [0, 0.05) is 23.7 Å². The van der Waals surface area contributed by atoms with E-state index in [0.29, 0.717) is 5.56 Å². The summed E-state index contributed by atoms with van der Waals surface area (Å²) in [4.78, 5) is 10.4. The van der Waals surface area contributed by atoms with Gasteiger partial charge in [-0.3, -0.25) is 10.1 Å². The van der Waals surface area contributed by atoms with E-state index in [9.17, 15) is 18.5 Å². The Balaban J connectivity index is 2.03. The lowest BCUT2D eigenvalue weighted by Crippen LogP contribution is -2.29. The molecule has 0 aliphatic heterocycles. The Morgan fingerprint density at radius 3 is 2.00 bits per heavy atom. The number of hydrogen-bond donors (Lipinski definition) is 0. The molecule has 0 fully saturated rings. The van der Waals surface area contributed by atoms with Crippen LogP contribution in [0.3, 0.4) is 0 Å². The van der Waals surface area contributed by atoms with Crippen LogP contribution in [0.4, 0.5) is 5.69 Å². The molecule has 0 saturated heterocycles. The van der Waals surface area contributed by atoms with Crippen LogP contribution in [-0.4, -0.2) is 17.6 Å². The molecule has 3 aromatic rings. The average molecular weight is 406 g/mol. The van der Waals surface area contributed by atoms with Crippen molar-refractivity contribution in [3.05, 3.63) is 106 Å². The number of hydrogen-bond acceptors (Lipinski definition) is 4. The molecule has 0 spiro atoms. The van der Waals surface area contributed by atoms with Gasteiger partial charge in [-0.05, 0) is 42.7 Å². The van der Waals surface area contributed by atoms with Crippen molar-refractivity contribution in [3.63, 3.8) is 0 Å². The van der Waals surface area contributed by atoms with Crippen LogP contribution in [0.1, 0.15) is 24.1 Å². The van der Waals surface area contributed by atoms with Crippen molar-refractivity contribution in [2.45, 2.75) is 17.9 Å². The zero-order valence-electron chi connectivity index (χ0n) is 15.6. The van der Waals surface area contributed by atoms with Gasteiger partial charge in [-0.15, -0.1) is 0 Å². The lowest BCUT2D eigenvalue weighted by molar-refractivity contribution is -0.384. The Kier molecular flexibility index (Phi) is 5.96. The molecular formula is C22H18N2O4S. The molecule has 6 nitrogen and oxygen atoms in total. The highest BCUT2D eigenvalue weighted by Gasteiger charge is 2.27. The summed E-state index contributed by atoms with van der Waals surface area (Å²) in [6.07, 6.45) is 0. The second-order valence-corrected chi connectivity index (χ2v) is 8.06. The molecular weight excluding hydrogens is 388 g/mol. The van der Waals surface area contributed by atoms with E-state index in [4.69, 9.17) is 0 Å². The molecule has 0 bridgehead atoms. The molecule has 3 rings (SSSR count). The summed E-state index contributed by atoms with van der Waals surface area (Å²) in [6.45, 7) is 1.76. The van der Waals surface area contributed by atoms with E-state index in [0.717, 1.165) is 9.87 Å². The van der Waals surface area contributed by atoms with Gasteiger partial charge < -0.3 is 0 Å². The Labute approximate surface area is 169 Å². The first-order valence-corrected chi connectivity index (χ1v) is 10.2. The smallest absolute Gasteiger partial charge is 0.258 e. The maximum absolute atomic E-state index is 13.2. The molecule has 1 atom stereocenters. The predicted molar refractivity (Wildman–Crippen MR) is 110 cm³/mol. The Morgan fingerprint density at radius 2 is 1.45 bits per heavy atom. The predicted octanol–water partition coefficient (Wildman–Crippen LogP) is 4.36. The summed E-state index contributed by atoms with van der Waals surface area (Å²) in [5.41, 5.74) is 1.22. The highest BCUT2D eigenvalue weighted by Crippen LogP contribution is 2.26. The van der Waals surface area contributed by atoms with Crippen LogP contribution < -0.4 is 0 Å². The molecule has 0 amide bonds. The van der Waals surface area contributed by atoms with Crippen LogP contribution in [0.2, 0.25) is 0 Å². The van der Waals surface area contributed by atoms with Gasteiger partial charge in [-0.2, -0.15) is 0 Å². The first kappa shape index (κ1) is 20.1. The van der Waals surface area contributed by atoms with Crippen molar-refractivity contribution in [1.82, 2.24) is 4.31 Å². The fourth-order valence-corrected chi connectivity index (χ4v) is 4.16. The van der Waals surface area contributed by atoms with Gasteiger partial charge in [0.15, 0.2) is 0 Å². The molecule has 0 N–H and O–H groups in total. The van der Waals surface area contributed by atoms with Crippen LogP contribution in [0.15, 0.2) is 89.8 Å². The van der Waals surface area contributed by atoms with Gasteiger partial charge >= 0.3 is 0 Å². The molecule has 0 unspecified atom stereocenters. The minimum absolute atomic E-state index is 0.0537. The van der Waals surface area contributed by atoms with Crippen LogP contribution in [-0.2, 0) is 10.0 Å². The van der Waals surface area contributed by atoms with Gasteiger partial charge in [0.05, 0.1) is 15.9 Å². The SMILES string of the molecule is C[C@@H](c1ccccc1)N(C#Cc1ccc([N+](=O)[O-])cc1)S(=O)(=O)c1ccccc1. The zero-order valence-corrected chi connectivity index (χ0v) is 16.4. The topological polar surface area (TPSA) is 80.5 Å². The number of nitro groups is 1. The third-order valence-electron chi connectivity index (χ3n) is 4.32. The van der Waals surface area contributed by atoms with Crippen LogP contribution in [0.5, 0.6) is 0 Å². The third-order valence-corrected chi connectivity index (χ3v) is 6.12. The summed E-state index contributed by atoms with van der Waals surface area (Å²) < 4.78 is 27.6. The Bertz CT molecular complexity index is 1150. The van der Waals surface area contributed by atoms with E-state index in [1.54, 1.807) is 25.1 Å². The fraction of sp³-hybridized carbons (Fsp3) is 0.0909. The normalized spacial score (nSPS) is 11.8. The molecule has 7 heteroatoms. The number of non-ortho nitro benzene ring substituents is 1. The van der Waals surface area contributed by atoms with Gasteiger partial charge in [0.1, 0.15) is 0 Å². The van der Waals surface area contributed by atoms with Gasteiger partial charge in [-0.1, -0.05) is 48.5 Å². The molecule has 0 radical (unpaired) electrons. The molecule has 0 aliphatic carbocycles. The second-order valence-electron chi connectivity index (χ2n) is 6.24. The Morgan fingerprint density at radius 1 is 0.897 bits per heavy atom. The quantitative estimate of drug-likeness (QED) is 0.273. The summed E-state index contributed by atoms with van der Waals surface area (Å²) in [5.74, 6) is 2.81. The highest BCUT2D eigenvalue weighted by atomic mass is 32.2. The van der Waals surface area contributed by atoms with E-state index in [2.05, 4.69) is 12.0 Å². The van der Waals surface area contributed by atoms with E-state index < -0.39 is 21.0 Å². The maximum atomic E-state index is 13.2. The third kappa shape index (κ3) is 4.62. The molecule has 146 valence electrons. The van der Waals surface area contributed by atoms with Crippen LogP contribution >= 0.6 is 0 Å². The summed E-state index contributed by atoms with van der Waals surface area (Å²) in [7, 11) is -3.89. The standard InChI is InChI=1S/C22H18N2O4S/c1-18(20-8-4-2-5-9-20)23(29(27,28)22-10-6-3-7-11-22)17-16-19-12-14-21(15-13-19)24(25)26/h2-15,18H,1H3/t18-/m0/s1. The van der Waals surface area contributed by atoms with E-state index in [1.165, 1.54) is 36.4 Å². The number of nitro benzene ring substituents is 1. The fourth-order valence-electron chi connectivity index (χ4n) is 2.72. The zero-order chi connectivity index (χ0) is 20.9. The first-order chi connectivity index (χ1) is 13.9. The van der Waals surface area contributed by atoms with Crippen molar-refractivity contribution in [3.8, 4) is 12.0 Å². The number of benzene rings is 3. The number of rotatable bonds is 5. The van der Waals surface area contributed by atoms with Gasteiger partial charge in [0.25, 0.3) is 15.7 Å². The average Bonchev–Trinajstić information content (AvgIpc) is 2.75. The molecule has 3 aromatic carbocycles. The number of nitrogens with zero attached hydrogens (tertiary/aromatic N) is 2. The van der Waals surface area contributed by atoms with Crippen molar-refractivity contribution >= 4 is 15.7 Å². The molecule has 29 heavy (non-hydrogen) atoms. The monoisotopic (exact) mass is 406 g/mol. The largest absolute Gasteiger partial charge is 0.271 e. The summed E-state index contributed by atoms with van der Waals surface area (Å²) >= 11 is 0. The Hall–Kier alpha value is -3.63. The molecule has 0 heterocycles. The molecule has 0 aliphatic rings. The maximum Gasteiger partial charge on any atom is 0.271 e. The van der Waals surface area contributed by atoms with Gasteiger partial charge in [-0.25, -0.2) is 12.7 Å². The molecule has 0 saturated carbocycles. The first-order valence-electron chi connectivity index (χ1n) is 8.80. The van der Waals surface area contributed by atoms with E-state index >= 15 is 0 Å². The van der Waals surface area contributed by atoms with Crippen molar-refractivity contribution in [2.75, 3.05) is 0 Å². The van der Waals surface area contributed by atoms with Crippen molar-refractivity contribution in [1.29, 1.82) is 0 Å². The lowest BCUT2D eigenvalue weighted by atomic mass is 10.1. The minimum atomic E-state index is -3.89. The van der Waals surface area contributed by atoms with Crippen LogP contribution in [0.25, 0.3) is 0 Å². The van der Waals surface area contributed by atoms with Crippen molar-refractivity contribution < 1.29 is 13.3 Å². The lowest BCUT2D eigenvalue weighted by Gasteiger charge is -2.25. The molecule has 0 aromatic heterocycles.